The minimum Gasteiger partial charge on any atom is -0.488 e. The second-order valence-electron chi connectivity index (χ2n) is 11.6. The van der Waals surface area contributed by atoms with Gasteiger partial charge in [0.15, 0.2) is 11.3 Å². The highest BCUT2D eigenvalue weighted by Crippen LogP contribution is 2.40. The first-order valence-electron chi connectivity index (χ1n) is 15.8. The van der Waals surface area contributed by atoms with Crippen LogP contribution in [0.5, 0.6) is 5.75 Å². The third-order valence-electron chi connectivity index (χ3n) is 7.77. The van der Waals surface area contributed by atoms with Gasteiger partial charge < -0.3 is 19.5 Å². The number of aliphatic hydroxyl groups is 1. The summed E-state index contributed by atoms with van der Waals surface area (Å²) >= 11 is 1.60. The Morgan fingerprint density at radius 1 is 0.915 bits per heavy atom. The third kappa shape index (κ3) is 9.24. The number of anilines is 1. The predicted octanol–water partition coefficient (Wildman–Crippen LogP) is 8.82. The molecule has 2 heterocycles. The number of benzene rings is 2. The van der Waals surface area contributed by atoms with E-state index in [1.54, 1.807) is 11.3 Å². The Hall–Kier alpha value is -5.07. The van der Waals surface area contributed by atoms with E-state index in [1.807, 2.05) is 68.5 Å². The molecule has 4 rings (SSSR count). The quantitative estimate of drug-likeness (QED) is 0.130. The Bertz CT molecular complexity index is 1760. The topological polar surface area (TPSA) is 113 Å². The van der Waals surface area contributed by atoms with E-state index in [-0.39, 0.29) is 23.5 Å². The molecule has 1 aliphatic heterocycles. The lowest BCUT2D eigenvalue weighted by atomic mass is 9.94. The fourth-order valence-electron chi connectivity index (χ4n) is 5.22. The van der Waals surface area contributed by atoms with Crippen molar-refractivity contribution in [1.82, 2.24) is 0 Å². The Balaban J connectivity index is 1.59. The van der Waals surface area contributed by atoms with E-state index < -0.39 is 5.60 Å². The summed E-state index contributed by atoms with van der Waals surface area (Å²) in [5.41, 5.74) is 2.93. The lowest BCUT2D eigenvalue weighted by Gasteiger charge is -2.26. The summed E-state index contributed by atoms with van der Waals surface area (Å²) in [6, 6.07) is 26.3. The molecular weight excluding hydrogens is 605 g/mol. The van der Waals surface area contributed by atoms with Crippen LogP contribution in [-0.2, 0) is 11.3 Å². The molecule has 0 saturated heterocycles. The van der Waals surface area contributed by atoms with E-state index in [4.69, 9.17) is 9.47 Å². The lowest BCUT2D eigenvalue weighted by molar-refractivity contribution is 0.0954. The van der Waals surface area contributed by atoms with Crippen molar-refractivity contribution >= 4 is 35.3 Å². The summed E-state index contributed by atoms with van der Waals surface area (Å²) in [5.74, 6) is 0.840. The van der Waals surface area contributed by atoms with E-state index in [0.29, 0.717) is 12.2 Å². The van der Waals surface area contributed by atoms with Gasteiger partial charge in [0.05, 0.1) is 0 Å². The number of rotatable bonds is 15. The van der Waals surface area contributed by atoms with Crippen LogP contribution in [-0.4, -0.2) is 30.4 Å². The maximum atomic E-state index is 9.81. The van der Waals surface area contributed by atoms with Crippen LogP contribution in [0.2, 0.25) is 0 Å². The van der Waals surface area contributed by atoms with E-state index in [1.165, 1.54) is 0 Å². The number of nitrogens with zero attached hydrogens (tertiary/aromatic N) is 4. The number of hydrogen-bond acceptors (Lipinski definition) is 8. The largest absolute Gasteiger partial charge is 0.488 e. The zero-order valence-electron chi connectivity index (χ0n) is 27.2. The minimum absolute atomic E-state index is 0.0342. The Morgan fingerprint density at radius 3 is 2.28 bits per heavy atom. The molecule has 7 nitrogen and oxygen atoms in total. The van der Waals surface area contributed by atoms with Gasteiger partial charge in [0.1, 0.15) is 41.7 Å². The molecule has 0 fully saturated rings. The summed E-state index contributed by atoms with van der Waals surface area (Å²) < 4.78 is 12.3. The maximum Gasteiger partial charge on any atom is 0.172 e. The average Bonchev–Trinajstić information content (AvgIpc) is 3.64. The SMILES string of the molecule is CCCCN(CCCCO)c1ccc(/C=C/c2ccc(/C=C/C3=C(C#N)C(=C(C#N)C#N)OC3(C)C)s2)c(OCc2ccccc2)c1. The first kappa shape index (κ1) is 34.8. The third-order valence-corrected chi connectivity index (χ3v) is 8.79. The molecule has 1 N–H and O–H groups in total. The Kier molecular flexibility index (Phi) is 12.6. The standard InChI is InChI=1S/C39H40N4O3S/c1-4-5-21-43(22-9-10-23-44)32-15-13-30(37(24-32)45-28-29-11-7-6-8-12-29)14-16-33-17-18-34(47-33)19-20-36-35(27-42)38(31(25-40)26-41)46-39(36,2)3/h6-8,11-20,24,44H,4-5,9-10,21-23,28H2,1-3H3/b16-14+,20-19+. The fourth-order valence-corrected chi connectivity index (χ4v) is 6.03. The predicted molar refractivity (Wildman–Crippen MR) is 189 cm³/mol. The number of hydrogen-bond donors (Lipinski definition) is 1. The zero-order chi connectivity index (χ0) is 33.6. The number of thiophene rings is 1. The molecule has 0 atom stereocenters. The molecule has 1 aromatic heterocycles. The fraction of sp³-hybridized carbons (Fsp3) is 0.308. The molecule has 8 heteroatoms. The molecule has 2 aromatic carbocycles. The molecule has 0 amide bonds. The van der Waals surface area contributed by atoms with Crippen LogP contribution in [0.4, 0.5) is 5.69 Å². The highest BCUT2D eigenvalue weighted by Gasteiger charge is 2.38. The minimum atomic E-state index is -0.858. The highest BCUT2D eigenvalue weighted by molar-refractivity contribution is 7.13. The molecule has 0 aliphatic carbocycles. The van der Waals surface area contributed by atoms with Crippen molar-refractivity contribution in [3.8, 4) is 24.0 Å². The van der Waals surface area contributed by atoms with Crippen molar-refractivity contribution in [2.24, 2.45) is 0 Å². The molecule has 0 radical (unpaired) electrons. The van der Waals surface area contributed by atoms with Gasteiger partial charge in [-0.1, -0.05) is 49.8 Å². The second-order valence-corrected chi connectivity index (χ2v) is 12.8. The van der Waals surface area contributed by atoms with Crippen molar-refractivity contribution in [3.05, 3.63) is 110 Å². The summed E-state index contributed by atoms with van der Waals surface area (Å²) in [7, 11) is 0. The number of aliphatic hydroxyl groups excluding tert-OH is 1. The zero-order valence-corrected chi connectivity index (χ0v) is 28.0. The molecular formula is C39H40N4O3S. The summed E-state index contributed by atoms with van der Waals surface area (Å²) in [6.07, 6.45) is 11.8. The van der Waals surface area contributed by atoms with Gasteiger partial charge in [-0.05, 0) is 81.2 Å². The monoisotopic (exact) mass is 644 g/mol. The van der Waals surface area contributed by atoms with Crippen LogP contribution >= 0.6 is 11.3 Å². The first-order chi connectivity index (χ1) is 22.8. The number of ether oxygens (including phenoxy) is 2. The van der Waals surface area contributed by atoms with E-state index in [2.05, 4.69) is 60.4 Å². The first-order valence-corrected chi connectivity index (χ1v) is 16.7. The molecule has 0 unspecified atom stereocenters. The van der Waals surface area contributed by atoms with Gasteiger partial charge in [-0.3, -0.25) is 0 Å². The van der Waals surface area contributed by atoms with Crippen LogP contribution in [0.15, 0.2) is 89.2 Å². The van der Waals surface area contributed by atoms with Crippen LogP contribution < -0.4 is 9.64 Å². The summed E-state index contributed by atoms with van der Waals surface area (Å²) in [4.78, 5) is 4.41. The van der Waals surface area contributed by atoms with Gasteiger partial charge in [-0.2, -0.15) is 15.8 Å². The molecule has 47 heavy (non-hydrogen) atoms. The van der Waals surface area contributed by atoms with Gasteiger partial charge in [0.25, 0.3) is 0 Å². The molecule has 0 spiro atoms. The van der Waals surface area contributed by atoms with Crippen LogP contribution in [0.25, 0.3) is 18.2 Å². The molecule has 1 aliphatic rings. The van der Waals surface area contributed by atoms with Crippen LogP contribution in [0, 0.1) is 34.0 Å². The van der Waals surface area contributed by atoms with Gasteiger partial charge in [-0.25, -0.2) is 0 Å². The smallest absolute Gasteiger partial charge is 0.172 e. The van der Waals surface area contributed by atoms with Crippen molar-refractivity contribution in [3.63, 3.8) is 0 Å². The number of nitriles is 3. The summed E-state index contributed by atoms with van der Waals surface area (Å²) in [6.45, 7) is 8.31. The number of unbranched alkanes of at least 4 members (excludes halogenated alkanes) is 2. The Labute approximate surface area is 282 Å². The van der Waals surface area contributed by atoms with Crippen molar-refractivity contribution in [2.75, 3.05) is 24.6 Å². The van der Waals surface area contributed by atoms with Crippen molar-refractivity contribution in [1.29, 1.82) is 15.8 Å². The lowest BCUT2D eigenvalue weighted by Crippen LogP contribution is -2.25. The molecule has 240 valence electrons. The van der Waals surface area contributed by atoms with Crippen LogP contribution in [0.3, 0.4) is 0 Å². The average molecular weight is 645 g/mol. The highest BCUT2D eigenvalue weighted by atomic mass is 32.1. The van der Waals surface area contributed by atoms with E-state index >= 15 is 0 Å². The Morgan fingerprint density at radius 2 is 1.62 bits per heavy atom. The molecule has 3 aromatic rings. The molecule has 0 bridgehead atoms. The number of allylic oxidation sites excluding steroid dienone is 2. The summed E-state index contributed by atoms with van der Waals surface area (Å²) in [5, 5.41) is 37.8. The second kappa shape index (κ2) is 17.0. The van der Waals surface area contributed by atoms with E-state index in [9.17, 15) is 20.9 Å². The van der Waals surface area contributed by atoms with Crippen molar-refractivity contribution in [2.45, 2.75) is 58.7 Å². The molecule has 0 saturated carbocycles. The normalized spacial score (nSPS) is 13.8. The van der Waals surface area contributed by atoms with Crippen LogP contribution in [0.1, 0.15) is 67.3 Å². The van der Waals surface area contributed by atoms with Gasteiger partial charge in [-0.15, -0.1) is 11.3 Å². The van der Waals surface area contributed by atoms with E-state index in [0.717, 1.165) is 71.1 Å². The van der Waals surface area contributed by atoms with Gasteiger partial charge in [0.2, 0.25) is 0 Å². The van der Waals surface area contributed by atoms with Gasteiger partial charge >= 0.3 is 0 Å². The van der Waals surface area contributed by atoms with Crippen molar-refractivity contribution < 1.29 is 14.6 Å². The maximum absolute atomic E-state index is 9.81. The van der Waals surface area contributed by atoms with Gasteiger partial charge in [0, 0.05) is 52.3 Å².